The van der Waals surface area contributed by atoms with Gasteiger partial charge in [-0.15, -0.1) is 11.3 Å². The van der Waals surface area contributed by atoms with Gasteiger partial charge in [0.1, 0.15) is 18.2 Å². The number of nitrogens with zero attached hydrogens (tertiary/aromatic N) is 2. The maximum Gasteiger partial charge on any atom is 0.119 e. The first-order valence-electron chi connectivity index (χ1n) is 8.45. The van der Waals surface area contributed by atoms with Crippen molar-refractivity contribution in [3.05, 3.63) is 82.3 Å². The highest BCUT2D eigenvalue weighted by atomic mass is 32.1. The molecule has 0 fully saturated rings. The standard InChI is InChI=1S/C21H20N2OS/c1-16-6-4-7-17(14-16)24-12-11-23-20-10-3-2-9-19(20)22-21(23)15-18-8-5-13-25-18/h2-10,13-14H,11-12,15H2,1H3. The lowest BCUT2D eigenvalue weighted by molar-refractivity contribution is 0.298. The van der Waals surface area contributed by atoms with Crippen molar-refractivity contribution >= 4 is 22.4 Å². The third-order valence-corrected chi connectivity index (χ3v) is 5.10. The van der Waals surface area contributed by atoms with Gasteiger partial charge in [-0.05, 0) is 48.2 Å². The predicted molar refractivity (Wildman–Crippen MR) is 104 cm³/mol. The van der Waals surface area contributed by atoms with Gasteiger partial charge < -0.3 is 9.30 Å². The molecule has 4 rings (SSSR count). The van der Waals surface area contributed by atoms with Crippen LogP contribution in [0.15, 0.2) is 66.0 Å². The zero-order chi connectivity index (χ0) is 17.1. The van der Waals surface area contributed by atoms with Crippen LogP contribution in [0.3, 0.4) is 0 Å². The fraction of sp³-hybridized carbons (Fsp3) is 0.190. The van der Waals surface area contributed by atoms with E-state index < -0.39 is 0 Å². The molecule has 0 aliphatic heterocycles. The second-order valence-corrected chi connectivity index (χ2v) is 7.12. The van der Waals surface area contributed by atoms with Gasteiger partial charge in [0, 0.05) is 11.3 Å². The van der Waals surface area contributed by atoms with Gasteiger partial charge in [-0.2, -0.15) is 0 Å². The van der Waals surface area contributed by atoms with E-state index in [-0.39, 0.29) is 0 Å². The molecule has 0 atom stereocenters. The lowest BCUT2D eigenvalue weighted by Crippen LogP contribution is -2.11. The second-order valence-electron chi connectivity index (χ2n) is 6.09. The van der Waals surface area contributed by atoms with E-state index in [1.54, 1.807) is 11.3 Å². The number of fused-ring (bicyclic) bond motifs is 1. The molecule has 2 aromatic carbocycles. The summed E-state index contributed by atoms with van der Waals surface area (Å²) in [6.45, 7) is 3.49. The van der Waals surface area contributed by atoms with Crippen molar-refractivity contribution in [1.29, 1.82) is 0 Å². The van der Waals surface area contributed by atoms with Gasteiger partial charge in [0.05, 0.1) is 17.6 Å². The number of para-hydroxylation sites is 2. The van der Waals surface area contributed by atoms with Crippen molar-refractivity contribution in [3.8, 4) is 5.75 Å². The fourth-order valence-electron chi connectivity index (χ4n) is 3.04. The molecular formula is C21H20N2OS. The van der Waals surface area contributed by atoms with Crippen molar-refractivity contribution in [1.82, 2.24) is 9.55 Å². The molecule has 0 amide bonds. The minimum absolute atomic E-state index is 0.626. The minimum atomic E-state index is 0.626. The second kappa shape index (κ2) is 7.11. The number of benzene rings is 2. The van der Waals surface area contributed by atoms with Gasteiger partial charge in [-0.3, -0.25) is 0 Å². The molecule has 4 aromatic rings. The largest absolute Gasteiger partial charge is 0.492 e. The first kappa shape index (κ1) is 15.9. The van der Waals surface area contributed by atoms with Crippen LogP contribution >= 0.6 is 11.3 Å². The topological polar surface area (TPSA) is 27.1 Å². The molecular weight excluding hydrogens is 328 g/mol. The monoisotopic (exact) mass is 348 g/mol. The summed E-state index contributed by atoms with van der Waals surface area (Å²) in [5.41, 5.74) is 3.43. The average Bonchev–Trinajstić information content (AvgIpc) is 3.24. The minimum Gasteiger partial charge on any atom is -0.492 e. The Bertz CT molecular complexity index is 973. The summed E-state index contributed by atoms with van der Waals surface area (Å²) in [4.78, 5) is 6.17. The summed E-state index contributed by atoms with van der Waals surface area (Å²) in [6, 6.07) is 20.7. The molecule has 0 unspecified atom stereocenters. The predicted octanol–water partition coefficient (Wildman–Crippen LogP) is 5.08. The summed E-state index contributed by atoms with van der Waals surface area (Å²) < 4.78 is 8.24. The molecule has 126 valence electrons. The quantitative estimate of drug-likeness (QED) is 0.486. The highest BCUT2D eigenvalue weighted by molar-refractivity contribution is 7.09. The highest BCUT2D eigenvalue weighted by Gasteiger charge is 2.11. The van der Waals surface area contributed by atoms with Crippen LogP contribution in [0.25, 0.3) is 11.0 Å². The zero-order valence-electron chi connectivity index (χ0n) is 14.2. The number of ether oxygens (including phenoxy) is 1. The molecule has 0 radical (unpaired) electrons. The molecule has 0 saturated carbocycles. The van der Waals surface area contributed by atoms with Crippen LogP contribution in [-0.4, -0.2) is 16.2 Å². The number of rotatable bonds is 6. The van der Waals surface area contributed by atoms with Gasteiger partial charge in [0.15, 0.2) is 0 Å². The lowest BCUT2D eigenvalue weighted by Gasteiger charge is -2.11. The number of thiophene rings is 1. The third-order valence-electron chi connectivity index (χ3n) is 4.22. The molecule has 0 spiro atoms. The summed E-state index contributed by atoms with van der Waals surface area (Å²) in [7, 11) is 0. The van der Waals surface area contributed by atoms with Crippen LogP contribution in [0.2, 0.25) is 0 Å². The van der Waals surface area contributed by atoms with Crippen LogP contribution in [-0.2, 0) is 13.0 Å². The van der Waals surface area contributed by atoms with Crippen molar-refractivity contribution in [2.75, 3.05) is 6.61 Å². The molecule has 4 heteroatoms. The zero-order valence-corrected chi connectivity index (χ0v) is 15.0. The average molecular weight is 348 g/mol. The maximum absolute atomic E-state index is 5.95. The molecule has 0 N–H and O–H groups in total. The Balaban J connectivity index is 1.56. The summed E-state index contributed by atoms with van der Waals surface area (Å²) in [5.74, 6) is 2.01. The Morgan fingerprint density at radius 2 is 1.96 bits per heavy atom. The summed E-state index contributed by atoms with van der Waals surface area (Å²) >= 11 is 1.77. The Labute approximate surface area is 151 Å². The van der Waals surface area contributed by atoms with Crippen molar-refractivity contribution in [2.45, 2.75) is 19.9 Å². The van der Waals surface area contributed by atoms with E-state index in [2.05, 4.69) is 59.3 Å². The van der Waals surface area contributed by atoms with E-state index in [4.69, 9.17) is 9.72 Å². The van der Waals surface area contributed by atoms with Gasteiger partial charge in [-0.25, -0.2) is 4.98 Å². The number of aromatic nitrogens is 2. The van der Waals surface area contributed by atoms with Gasteiger partial charge in [-0.1, -0.05) is 30.3 Å². The summed E-state index contributed by atoms with van der Waals surface area (Å²) in [6.07, 6.45) is 0.858. The number of imidazole rings is 1. The first-order chi connectivity index (χ1) is 12.3. The fourth-order valence-corrected chi connectivity index (χ4v) is 3.74. The number of hydrogen-bond donors (Lipinski definition) is 0. The van der Waals surface area contributed by atoms with E-state index in [0.29, 0.717) is 6.61 Å². The smallest absolute Gasteiger partial charge is 0.119 e. The molecule has 25 heavy (non-hydrogen) atoms. The Morgan fingerprint density at radius 3 is 2.80 bits per heavy atom. The molecule has 0 aliphatic rings. The van der Waals surface area contributed by atoms with Crippen LogP contribution in [0.4, 0.5) is 0 Å². The van der Waals surface area contributed by atoms with E-state index in [9.17, 15) is 0 Å². The first-order valence-corrected chi connectivity index (χ1v) is 9.33. The van der Waals surface area contributed by atoms with Gasteiger partial charge >= 0.3 is 0 Å². The van der Waals surface area contributed by atoms with Gasteiger partial charge in [0.2, 0.25) is 0 Å². The van der Waals surface area contributed by atoms with E-state index in [0.717, 1.165) is 30.1 Å². The van der Waals surface area contributed by atoms with Crippen LogP contribution in [0.5, 0.6) is 5.75 Å². The van der Waals surface area contributed by atoms with Crippen LogP contribution < -0.4 is 4.74 Å². The number of hydrogen-bond acceptors (Lipinski definition) is 3. The van der Waals surface area contributed by atoms with Crippen LogP contribution in [0.1, 0.15) is 16.3 Å². The molecule has 2 heterocycles. The highest BCUT2D eigenvalue weighted by Crippen LogP contribution is 2.21. The Morgan fingerprint density at radius 1 is 1.04 bits per heavy atom. The molecule has 0 saturated heterocycles. The van der Waals surface area contributed by atoms with E-state index in [1.807, 2.05) is 18.2 Å². The molecule has 0 aliphatic carbocycles. The van der Waals surface area contributed by atoms with Crippen molar-refractivity contribution in [2.24, 2.45) is 0 Å². The van der Waals surface area contributed by atoms with Crippen LogP contribution in [0, 0.1) is 6.92 Å². The third kappa shape index (κ3) is 3.59. The van der Waals surface area contributed by atoms with E-state index >= 15 is 0 Å². The SMILES string of the molecule is Cc1cccc(OCCn2c(Cc3cccs3)nc3ccccc32)c1. The van der Waals surface area contributed by atoms with Crippen molar-refractivity contribution in [3.63, 3.8) is 0 Å². The Hall–Kier alpha value is -2.59. The maximum atomic E-state index is 5.95. The Kier molecular flexibility index (Phi) is 4.53. The summed E-state index contributed by atoms with van der Waals surface area (Å²) in [5, 5.41) is 2.11. The lowest BCUT2D eigenvalue weighted by atomic mass is 10.2. The molecule has 3 nitrogen and oxygen atoms in total. The van der Waals surface area contributed by atoms with E-state index in [1.165, 1.54) is 16.0 Å². The van der Waals surface area contributed by atoms with Crippen molar-refractivity contribution < 1.29 is 4.74 Å². The molecule has 0 bridgehead atoms. The van der Waals surface area contributed by atoms with Gasteiger partial charge in [0.25, 0.3) is 0 Å². The normalized spacial score (nSPS) is 11.1. The molecule has 2 aromatic heterocycles. The number of aryl methyl sites for hydroxylation is 1.